The Morgan fingerprint density at radius 1 is 0.889 bits per heavy atom. The Bertz CT molecular complexity index is 718. The molecule has 7 heteroatoms. The summed E-state index contributed by atoms with van der Waals surface area (Å²) in [5, 5.41) is 9.55. The first-order chi connectivity index (χ1) is 8.65. The summed E-state index contributed by atoms with van der Waals surface area (Å²) in [6.45, 7) is 0. The van der Waals surface area contributed by atoms with Crippen LogP contribution in [0, 0.1) is 0 Å². The van der Waals surface area contributed by atoms with Crippen molar-refractivity contribution in [3.8, 4) is 11.4 Å². The van der Waals surface area contributed by atoms with E-state index >= 15 is 0 Å². The van der Waals surface area contributed by atoms with Crippen LogP contribution < -0.4 is 0 Å². The number of hydrogen-bond acceptors (Lipinski definition) is 3. The molecule has 0 bridgehead atoms. The zero-order chi connectivity index (χ0) is 12.7. The Morgan fingerprint density at radius 3 is 2.33 bits per heavy atom. The molecule has 0 aliphatic heterocycles. The lowest BCUT2D eigenvalue weighted by molar-refractivity contribution is 1.11. The summed E-state index contributed by atoms with van der Waals surface area (Å²) >= 11 is 18.0. The highest BCUT2D eigenvalue weighted by atomic mass is 35.5. The van der Waals surface area contributed by atoms with Gasteiger partial charge in [-0.3, -0.25) is 9.38 Å². The van der Waals surface area contributed by atoms with Gasteiger partial charge < -0.3 is 0 Å². The van der Waals surface area contributed by atoms with Gasteiger partial charge in [-0.2, -0.15) is 0 Å². The largest absolute Gasteiger partial charge is 0.262 e. The standard InChI is InChI=1S/C11H5Cl3N4/c12-7-1-6(2-8(13)3-7)11-17-16-10-5-15-4-9(14)18(10)11/h1-5H. The van der Waals surface area contributed by atoms with Crippen LogP contribution in [0.15, 0.2) is 30.6 Å². The van der Waals surface area contributed by atoms with Crippen LogP contribution in [-0.2, 0) is 0 Å². The molecule has 3 aromatic rings. The highest BCUT2D eigenvalue weighted by Gasteiger charge is 2.12. The molecular formula is C11H5Cl3N4. The molecule has 0 unspecified atom stereocenters. The van der Waals surface area contributed by atoms with E-state index in [0.29, 0.717) is 26.7 Å². The maximum Gasteiger partial charge on any atom is 0.180 e. The number of rotatable bonds is 1. The van der Waals surface area contributed by atoms with Crippen molar-refractivity contribution in [2.45, 2.75) is 0 Å². The van der Waals surface area contributed by atoms with Crippen molar-refractivity contribution >= 4 is 40.4 Å². The number of fused-ring (bicyclic) bond motifs is 1. The fourth-order valence-electron chi connectivity index (χ4n) is 1.68. The predicted octanol–water partition coefficient (Wildman–Crippen LogP) is 3.75. The summed E-state index contributed by atoms with van der Waals surface area (Å²) < 4.78 is 1.68. The van der Waals surface area contributed by atoms with Crippen LogP contribution in [0.1, 0.15) is 0 Å². The molecule has 3 rings (SSSR count). The van der Waals surface area contributed by atoms with Crippen molar-refractivity contribution in [1.29, 1.82) is 0 Å². The monoisotopic (exact) mass is 298 g/mol. The van der Waals surface area contributed by atoms with Crippen molar-refractivity contribution in [2.24, 2.45) is 0 Å². The van der Waals surface area contributed by atoms with Gasteiger partial charge in [-0.05, 0) is 18.2 Å². The summed E-state index contributed by atoms with van der Waals surface area (Å²) in [5.41, 5.74) is 1.31. The smallest absolute Gasteiger partial charge is 0.180 e. The van der Waals surface area contributed by atoms with E-state index in [1.165, 1.54) is 6.20 Å². The first kappa shape index (κ1) is 11.7. The maximum absolute atomic E-state index is 6.09. The molecule has 0 radical (unpaired) electrons. The molecule has 0 aliphatic carbocycles. The van der Waals surface area contributed by atoms with Gasteiger partial charge in [0.2, 0.25) is 0 Å². The average molecular weight is 300 g/mol. The minimum absolute atomic E-state index is 0.420. The molecule has 0 N–H and O–H groups in total. The van der Waals surface area contributed by atoms with Crippen LogP contribution in [-0.4, -0.2) is 19.6 Å². The molecule has 0 spiro atoms. The van der Waals surface area contributed by atoms with E-state index in [0.717, 1.165) is 5.56 Å². The Balaban J connectivity index is 2.31. The normalized spacial score (nSPS) is 11.1. The van der Waals surface area contributed by atoms with Gasteiger partial charge in [0, 0.05) is 15.6 Å². The van der Waals surface area contributed by atoms with Crippen molar-refractivity contribution in [1.82, 2.24) is 19.6 Å². The van der Waals surface area contributed by atoms with E-state index in [1.807, 2.05) is 0 Å². The van der Waals surface area contributed by atoms with Crippen molar-refractivity contribution < 1.29 is 0 Å². The lowest BCUT2D eigenvalue weighted by atomic mass is 10.2. The zero-order valence-electron chi connectivity index (χ0n) is 8.81. The lowest BCUT2D eigenvalue weighted by Gasteiger charge is -2.03. The molecule has 2 heterocycles. The third-order valence-electron chi connectivity index (χ3n) is 2.39. The Labute approximate surface area is 117 Å². The number of nitrogens with zero attached hydrogens (tertiary/aromatic N) is 4. The summed E-state index contributed by atoms with van der Waals surface area (Å²) in [4.78, 5) is 3.95. The molecule has 0 atom stereocenters. The molecule has 1 aromatic carbocycles. The van der Waals surface area contributed by atoms with Crippen molar-refractivity contribution in [3.63, 3.8) is 0 Å². The second-order valence-corrected chi connectivity index (χ2v) is 4.87. The highest BCUT2D eigenvalue weighted by molar-refractivity contribution is 6.35. The van der Waals surface area contributed by atoms with Crippen LogP contribution in [0.5, 0.6) is 0 Å². The van der Waals surface area contributed by atoms with Crippen LogP contribution in [0.2, 0.25) is 15.2 Å². The third-order valence-corrected chi connectivity index (χ3v) is 3.10. The van der Waals surface area contributed by atoms with Crippen LogP contribution in [0.4, 0.5) is 0 Å². The second kappa shape index (κ2) is 4.39. The zero-order valence-corrected chi connectivity index (χ0v) is 11.1. The van der Waals surface area contributed by atoms with Gasteiger partial charge in [0.25, 0.3) is 0 Å². The van der Waals surface area contributed by atoms with Gasteiger partial charge in [0.1, 0.15) is 5.15 Å². The molecule has 0 saturated carbocycles. The van der Waals surface area contributed by atoms with Crippen molar-refractivity contribution in [3.05, 3.63) is 45.8 Å². The molecule has 0 aliphatic rings. The topological polar surface area (TPSA) is 43.1 Å². The molecule has 90 valence electrons. The van der Waals surface area contributed by atoms with Gasteiger partial charge in [0.15, 0.2) is 11.5 Å². The quantitative estimate of drug-likeness (QED) is 0.687. The molecule has 0 fully saturated rings. The summed E-state index contributed by atoms with van der Waals surface area (Å²) in [7, 11) is 0. The van der Waals surface area contributed by atoms with E-state index < -0.39 is 0 Å². The molecular weight excluding hydrogens is 295 g/mol. The van der Waals surface area contributed by atoms with Crippen LogP contribution >= 0.6 is 34.8 Å². The maximum atomic E-state index is 6.09. The van der Waals surface area contributed by atoms with Crippen LogP contribution in [0.3, 0.4) is 0 Å². The number of benzene rings is 1. The van der Waals surface area contributed by atoms with Gasteiger partial charge in [-0.1, -0.05) is 34.8 Å². The van der Waals surface area contributed by atoms with E-state index in [9.17, 15) is 0 Å². The summed E-state index contributed by atoms with van der Waals surface area (Å²) in [6.07, 6.45) is 3.10. The Hall–Kier alpha value is -1.36. The van der Waals surface area contributed by atoms with Gasteiger partial charge in [0.05, 0.1) is 12.4 Å². The minimum atomic E-state index is 0.420. The summed E-state index contributed by atoms with van der Waals surface area (Å²) in [6, 6.07) is 5.15. The SMILES string of the molecule is Clc1cc(Cl)cc(-c2nnc3cncc(Cl)n23)c1. The van der Waals surface area contributed by atoms with Gasteiger partial charge >= 0.3 is 0 Å². The fraction of sp³-hybridized carbons (Fsp3) is 0. The lowest BCUT2D eigenvalue weighted by Crippen LogP contribution is -1.92. The predicted molar refractivity (Wildman–Crippen MR) is 71.2 cm³/mol. The third kappa shape index (κ3) is 1.92. The van der Waals surface area contributed by atoms with Crippen molar-refractivity contribution in [2.75, 3.05) is 0 Å². The van der Waals surface area contributed by atoms with Crippen LogP contribution in [0.25, 0.3) is 17.0 Å². The van der Waals surface area contributed by atoms with E-state index in [2.05, 4.69) is 15.2 Å². The molecule has 0 saturated heterocycles. The minimum Gasteiger partial charge on any atom is -0.262 e. The van der Waals surface area contributed by atoms with Gasteiger partial charge in [-0.25, -0.2) is 0 Å². The number of aromatic nitrogens is 4. The van der Waals surface area contributed by atoms with E-state index in [1.54, 1.807) is 28.8 Å². The second-order valence-electron chi connectivity index (χ2n) is 3.61. The van der Waals surface area contributed by atoms with E-state index in [4.69, 9.17) is 34.8 Å². The van der Waals surface area contributed by atoms with Gasteiger partial charge in [-0.15, -0.1) is 10.2 Å². The molecule has 4 nitrogen and oxygen atoms in total. The first-order valence-corrected chi connectivity index (χ1v) is 6.09. The Morgan fingerprint density at radius 2 is 1.61 bits per heavy atom. The highest BCUT2D eigenvalue weighted by Crippen LogP contribution is 2.27. The number of hydrogen-bond donors (Lipinski definition) is 0. The number of halogens is 3. The Kier molecular flexibility index (Phi) is 2.86. The molecule has 18 heavy (non-hydrogen) atoms. The first-order valence-electron chi connectivity index (χ1n) is 4.96. The summed E-state index contributed by atoms with van der Waals surface area (Å²) in [5.74, 6) is 0.571. The fourth-order valence-corrected chi connectivity index (χ4v) is 2.43. The molecule has 2 aromatic heterocycles. The van der Waals surface area contributed by atoms with E-state index in [-0.39, 0.29) is 0 Å². The molecule has 0 amide bonds. The average Bonchev–Trinajstić information content (AvgIpc) is 2.73.